The van der Waals surface area contributed by atoms with Crippen molar-refractivity contribution >= 4 is 33.9 Å². The van der Waals surface area contributed by atoms with Gasteiger partial charge in [-0.2, -0.15) is 18.3 Å². The molecule has 0 aliphatic heterocycles. The molecule has 6 nitrogen and oxygen atoms in total. The summed E-state index contributed by atoms with van der Waals surface area (Å²) in [6.45, 7) is 0. The summed E-state index contributed by atoms with van der Waals surface area (Å²) in [5.74, 6) is -0.301. The number of aryl methyl sites for hydroxylation is 1. The molecule has 0 unspecified atom stereocenters. The number of hydrogen-bond donors (Lipinski definition) is 2. The topological polar surface area (TPSA) is 71.8 Å². The maximum absolute atomic E-state index is 13.4. The van der Waals surface area contributed by atoms with Gasteiger partial charge in [-0.1, -0.05) is 24.3 Å². The van der Waals surface area contributed by atoms with Gasteiger partial charge in [0.25, 0.3) is 5.91 Å². The molecule has 0 fully saturated rings. The molecule has 0 saturated heterocycles. The maximum Gasteiger partial charge on any atom is 0.433 e. The first-order valence-electron chi connectivity index (χ1n) is 11.0. The lowest BCUT2D eigenvalue weighted by atomic mass is 9.95. The number of nitrogens with zero attached hydrogens (tertiary/aromatic N) is 3. The Morgan fingerprint density at radius 3 is 2.59 bits per heavy atom. The molecule has 1 aliphatic rings. The Morgan fingerprint density at radius 1 is 1.00 bits per heavy atom. The maximum atomic E-state index is 13.4. The third kappa shape index (κ3) is 4.21. The Balaban J connectivity index is 1.43. The van der Waals surface area contributed by atoms with Crippen LogP contribution in [0.1, 0.15) is 40.3 Å². The number of carbonyl (C=O) groups excluding carboxylic acids is 1. The van der Waals surface area contributed by atoms with Crippen molar-refractivity contribution < 1.29 is 18.0 Å². The van der Waals surface area contributed by atoms with E-state index in [-0.39, 0.29) is 17.1 Å². The van der Waals surface area contributed by atoms with Gasteiger partial charge in [0.15, 0.2) is 5.69 Å². The molecule has 1 aliphatic carbocycles. The van der Waals surface area contributed by atoms with Crippen LogP contribution in [0.4, 0.5) is 30.2 Å². The van der Waals surface area contributed by atoms with Crippen molar-refractivity contribution in [2.45, 2.75) is 31.9 Å². The van der Waals surface area contributed by atoms with Gasteiger partial charge in [-0.3, -0.25) is 9.48 Å². The van der Waals surface area contributed by atoms with Gasteiger partial charge in [-0.05, 0) is 56.0 Å². The van der Waals surface area contributed by atoms with E-state index in [4.69, 9.17) is 0 Å². The van der Waals surface area contributed by atoms with Gasteiger partial charge in [0.2, 0.25) is 0 Å². The minimum atomic E-state index is -4.57. The first-order valence-corrected chi connectivity index (χ1v) is 11.0. The summed E-state index contributed by atoms with van der Waals surface area (Å²) >= 11 is 0. The molecule has 2 aromatic carbocycles. The molecule has 34 heavy (non-hydrogen) atoms. The summed E-state index contributed by atoms with van der Waals surface area (Å²) in [6, 6.07) is 14.5. The van der Waals surface area contributed by atoms with Gasteiger partial charge < -0.3 is 10.6 Å². The fourth-order valence-electron chi connectivity index (χ4n) is 4.40. The van der Waals surface area contributed by atoms with Gasteiger partial charge in [-0.25, -0.2) is 4.98 Å². The van der Waals surface area contributed by atoms with E-state index in [0.29, 0.717) is 22.5 Å². The SMILES string of the molecule is Cn1nc(C(=O)Nc2cccc(Nc3cc(C(F)(F)F)nc4ccccc34)c2)c2c1CCCC2. The van der Waals surface area contributed by atoms with Crippen molar-refractivity contribution in [3.63, 3.8) is 0 Å². The van der Waals surface area contributed by atoms with Crippen LogP contribution in [0, 0.1) is 0 Å². The third-order valence-electron chi connectivity index (χ3n) is 5.99. The van der Waals surface area contributed by atoms with E-state index in [1.54, 1.807) is 53.2 Å². The van der Waals surface area contributed by atoms with Crippen molar-refractivity contribution in [2.75, 3.05) is 10.6 Å². The Kier molecular flexibility index (Phi) is 5.47. The molecule has 0 radical (unpaired) electrons. The highest BCUT2D eigenvalue weighted by Crippen LogP contribution is 2.34. The number of amides is 1. The van der Waals surface area contributed by atoms with Gasteiger partial charge >= 0.3 is 6.18 Å². The van der Waals surface area contributed by atoms with Crippen LogP contribution in [0.15, 0.2) is 54.6 Å². The second kappa shape index (κ2) is 8.48. The van der Waals surface area contributed by atoms with E-state index in [9.17, 15) is 18.0 Å². The average molecular weight is 465 g/mol. The first-order chi connectivity index (χ1) is 16.3. The molecule has 2 heterocycles. The highest BCUT2D eigenvalue weighted by Gasteiger charge is 2.33. The minimum absolute atomic E-state index is 0.240. The zero-order valence-electron chi connectivity index (χ0n) is 18.4. The molecule has 4 aromatic rings. The normalized spacial score (nSPS) is 13.5. The van der Waals surface area contributed by atoms with Crippen LogP contribution in [0.3, 0.4) is 0 Å². The van der Waals surface area contributed by atoms with Crippen LogP contribution in [0.5, 0.6) is 0 Å². The fourth-order valence-corrected chi connectivity index (χ4v) is 4.40. The summed E-state index contributed by atoms with van der Waals surface area (Å²) in [7, 11) is 1.85. The van der Waals surface area contributed by atoms with Crippen molar-refractivity contribution in [3.8, 4) is 0 Å². The predicted octanol–water partition coefficient (Wildman–Crippen LogP) is 5.86. The van der Waals surface area contributed by atoms with Crippen LogP contribution in [-0.2, 0) is 26.1 Å². The summed E-state index contributed by atoms with van der Waals surface area (Å²) < 4.78 is 41.9. The number of halogens is 3. The van der Waals surface area contributed by atoms with Crippen LogP contribution in [-0.4, -0.2) is 20.7 Å². The average Bonchev–Trinajstić information content (AvgIpc) is 3.15. The van der Waals surface area contributed by atoms with E-state index < -0.39 is 11.9 Å². The van der Waals surface area contributed by atoms with Crippen molar-refractivity contribution in [1.29, 1.82) is 0 Å². The summed E-state index contributed by atoms with van der Waals surface area (Å²) in [4.78, 5) is 16.7. The number of fused-ring (bicyclic) bond motifs is 2. The Labute approximate surface area is 193 Å². The van der Waals surface area contributed by atoms with Gasteiger partial charge in [0.1, 0.15) is 5.69 Å². The number of aromatic nitrogens is 3. The van der Waals surface area contributed by atoms with Crippen molar-refractivity contribution in [2.24, 2.45) is 7.05 Å². The zero-order chi connectivity index (χ0) is 23.9. The molecule has 1 amide bonds. The Bertz CT molecular complexity index is 1390. The first kappa shape index (κ1) is 21.9. The number of nitrogens with one attached hydrogen (secondary N) is 2. The predicted molar refractivity (Wildman–Crippen MR) is 124 cm³/mol. The van der Waals surface area contributed by atoms with Gasteiger partial charge in [-0.15, -0.1) is 0 Å². The second-order valence-corrected chi connectivity index (χ2v) is 8.33. The standard InChI is InChI=1S/C25H22F3N5O/c1-33-21-12-5-3-10-18(21)23(32-33)24(34)30-16-8-6-7-15(13-16)29-20-14-22(25(26,27)28)31-19-11-4-2-9-17(19)20/h2,4,6-9,11,13-14H,3,5,10,12H2,1H3,(H,29,31)(H,30,34). The molecule has 9 heteroatoms. The number of pyridine rings is 1. The monoisotopic (exact) mass is 465 g/mol. The summed E-state index contributed by atoms with van der Waals surface area (Å²) in [5, 5.41) is 10.9. The lowest BCUT2D eigenvalue weighted by molar-refractivity contribution is -0.140. The zero-order valence-corrected chi connectivity index (χ0v) is 18.4. The molecular weight excluding hydrogens is 443 g/mol. The number of alkyl halides is 3. The van der Waals surface area contributed by atoms with Crippen molar-refractivity contribution in [1.82, 2.24) is 14.8 Å². The molecule has 2 N–H and O–H groups in total. The highest BCUT2D eigenvalue weighted by atomic mass is 19.4. The second-order valence-electron chi connectivity index (χ2n) is 8.33. The number of para-hydroxylation sites is 1. The van der Waals surface area contributed by atoms with E-state index in [0.717, 1.165) is 43.0 Å². The van der Waals surface area contributed by atoms with Crippen LogP contribution < -0.4 is 10.6 Å². The lowest BCUT2D eigenvalue weighted by Crippen LogP contribution is -2.15. The van der Waals surface area contributed by atoms with E-state index in [1.165, 1.54) is 0 Å². The van der Waals surface area contributed by atoms with Gasteiger partial charge in [0.05, 0.1) is 11.2 Å². The van der Waals surface area contributed by atoms with E-state index >= 15 is 0 Å². The van der Waals surface area contributed by atoms with Crippen LogP contribution in [0.25, 0.3) is 10.9 Å². The smallest absolute Gasteiger partial charge is 0.355 e. The number of rotatable bonds is 4. The number of hydrogen-bond acceptors (Lipinski definition) is 4. The Morgan fingerprint density at radius 2 is 1.76 bits per heavy atom. The molecule has 5 rings (SSSR count). The largest absolute Gasteiger partial charge is 0.433 e. The number of anilines is 3. The quantitative estimate of drug-likeness (QED) is 0.396. The van der Waals surface area contributed by atoms with Crippen molar-refractivity contribution in [3.05, 3.63) is 77.2 Å². The summed E-state index contributed by atoms with van der Waals surface area (Å²) in [6.07, 6.45) is -0.729. The van der Waals surface area contributed by atoms with Gasteiger partial charge in [0, 0.05) is 35.1 Å². The van der Waals surface area contributed by atoms with E-state index in [2.05, 4.69) is 20.7 Å². The minimum Gasteiger partial charge on any atom is -0.355 e. The number of benzene rings is 2. The van der Waals surface area contributed by atoms with Crippen LogP contribution in [0.2, 0.25) is 0 Å². The molecule has 2 aromatic heterocycles. The Hall–Kier alpha value is -3.88. The molecule has 0 saturated carbocycles. The number of carbonyl (C=O) groups is 1. The molecule has 0 atom stereocenters. The summed E-state index contributed by atoms with van der Waals surface area (Å²) in [5.41, 5.74) is 3.10. The highest BCUT2D eigenvalue weighted by molar-refractivity contribution is 6.04. The molecular formula is C25H22F3N5O. The molecule has 174 valence electrons. The fraction of sp³-hybridized carbons (Fsp3) is 0.240. The lowest BCUT2D eigenvalue weighted by Gasteiger charge is -2.14. The molecule has 0 spiro atoms. The van der Waals surface area contributed by atoms with E-state index in [1.807, 2.05) is 7.05 Å². The van der Waals surface area contributed by atoms with Crippen LogP contribution >= 0.6 is 0 Å². The molecule has 0 bridgehead atoms. The third-order valence-corrected chi connectivity index (χ3v) is 5.99.